The van der Waals surface area contributed by atoms with Crippen LogP contribution in [0.1, 0.15) is 12.5 Å². The van der Waals surface area contributed by atoms with E-state index in [0.29, 0.717) is 25.3 Å². The van der Waals surface area contributed by atoms with E-state index in [-0.39, 0.29) is 6.03 Å². The van der Waals surface area contributed by atoms with Gasteiger partial charge in [0.25, 0.3) is 0 Å². The SMILES string of the molecule is CCOc1ccc(CCNC(=O)Nc2ccc(Nc3ccccc3)cc2)cc1OC. The molecule has 0 spiro atoms. The van der Waals surface area contributed by atoms with Gasteiger partial charge in [0.15, 0.2) is 11.5 Å². The molecule has 0 aromatic heterocycles. The maximum atomic E-state index is 12.2. The van der Waals surface area contributed by atoms with Gasteiger partial charge in [0.2, 0.25) is 0 Å². The third-order valence-electron chi connectivity index (χ3n) is 4.43. The van der Waals surface area contributed by atoms with Crippen LogP contribution in [0.4, 0.5) is 21.9 Å². The molecule has 0 saturated heterocycles. The van der Waals surface area contributed by atoms with Crippen LogP contribution in [0.15, 0.2) is 72.8 Å². The smallest absolute Gasteiger partial charge is 0.319 e. The van der Waals surface area contributed by atoms with E-state index < -0.39 is 0 Å². The molecule has 0 atom stereocenters. The first kappa shape index (κ1) is 21.0. The lowest BCUT2D eigenvalue weighted by Gasteiger charge is -2.12. The molecular formula is C24H27N3O3. The van der Waals surface area contributed by atoms with Crippen LogP contribution in [-0.4, -0.2) is 26.3 Å². The number of urea groups is 1. The Morgan fingerprint density at radius 3 is 2.27 bits per heavy atom. The predicted octanol–water partition coefficient (Wildman–Crippen LogP) is 5.20. The molecule has 0 saturated carbocycles. The van der Waals surface area contributed by atoms with Crippen LogP contribution in [0.25, 0.3) is 0 Å². The number of ether oxygens (including phenoxy) is 2. The van der Waals surface area contributed by atoms with Crippen molar-refractivity contribution in [1.29, 1.82) is 0 Å². The highest BCUT2D eigenvalue weighted by molar-refractivity contribution is 5.89. The largest absolute Gasteiger partial charge is 0.493 e. The lowest BCUT2D eigenvalue weighted by molar-refractivity contribution is 0.252. The molecule has 156 valence electrons. The zero-order chi connectivity index (χ0) is 21.2. The van der Waals surface area contributed by atoms with Gasteiger partial charge in [-0.2, -0.15) is 0 Å². The van der Waals surface area contributed by atoms with Crippen LogP contribution in [0.3, 0.4) is 0 Å². The van der Waals surface area contributed by atoms with Crippen LogP contribution in [-0.2, 0) is 6.42 Å². The van der Waals surface area contributed by atoms with Gasteiger partial charge in [0, 0.05) is 23.6 Å². The number of methoxy groups -OCH3 is 1. The van der Waals surface area contributed by atoms with E-state index in [9.17, 15) is 4.79 Å². The highest BCUT2D eigenvalue weighted by Gasteiger charge is 2.06. The Kier molecular flexibility index (Phi) is 7.55. The fraction of sp³-hybridized carbons (Fsp3) is 0.208. The fourth-order valence-electron chi connectivity index (χ4n) is 2.96. The first-order valence-electron chi connectivity index (χ1n) is 9.94. The zero-order valence-electron chi connectivity index (χ0n) is 17.3. The maximum Gasteiger partial charge on any atom is 0.319 e. The molecule has 0 bridgehead atoms. The number of nitrogens with one attached hydrogen (secondary N) is 3. The summed E-state index contributed by atoms with van der Waals surface area (Å²) in [5.41, 5.74) is 3.76. The van der Waals surface area contributed by atoms with Crippen LogP contribution in [0.5, 0.6) is 11.5 Å². The third-order valence-corrected chi connectivity index (χ3v) is 4.43. The average Bonchev–Trinajstić information content (AvgIpc) is 2.77. The molecule has 3 N–H and O–H groups in total. The highest BCUT2D eigenvalue weighted by atomic mass is 16.5. The van der Waals surface area contributed by atoms with Crippen molar-refractivity contribution in [2.45, 2.75) is 13.3 Å². The normalized spacial score (nSPS) is 10.2. The van der Waals surface area contributed by atoms with Gasteiger partial charge in [-0.1, -0.05) is 24.3 Å². The van der Waals surface area contributed by atoms with Crippen molar-refractivity contribution in [2.24, 2.45) is 0 Å². The van der Waals surface area contributed by atoms with Gasteiger partial charge in [-0.3, -0.25) is 0 Å². The molecule has 3 aromatic rings. The van der Waals surface area contributed by atoms with Crippen molar-refractivity contribution < 1.29 is 14.3 Å². The Labute approximate surface area is 177 Å². The summed E-state index contributed by atoms with van der Waals surface area (Å²) in [6.07, 6.45) is 0.691. The minimum atomic E-state index is -0.239. The van der Waals surface area contributed by atoms with E-state index >= 15 is 0 Å². The summed E-state index contributed by atoms with van der Waals surface area (Å²) in [5.74, 6) is 1.42. The van der Waals surface area contributed by atoms with Gasteiger partial charge in [-0.05, 0) is 67.4 Å². The van der Waals surface area contributed by atoms with E-state index in [2.05, 4.69) is 16.0 Å². The number of carbonyl (C=O) groups excluding carboxylic acids is 1. The molecule has 0 aliphatic rings. The van der Waals surface area contributed by atoms with E-state index in [1.54, 1.807) is 7.11 Å². The first-order valence-corrected chi connectivity index (χ1v) is 9.94. The number of hydrogen-bond acceptors (Lipinski definition) is 4. The molecule has 0 heterocycles. The molecule has 0 aliphatic heterocycles. The lowest BCUT2D eigenvalue weighted by Crippen LogP contribution is -2.30. The van der Waals surface area contributed by atoms with Crippen molar-refractivity contribution in [3.8, 4) is 11.5 Å². The average molecular weight is 405 g/mol. The topological polar surface area (TPSA) is 71.6 Å². The van der Waals surface area contributed by atoms with Gasteiger partial charge in [-0.15, -0.1) is 0 Å². The second-order valence-electron chi connectivity index (χ2n) is 6.62. The van der Waals surface area contributed by atoms with Gasteiger partial charge >= 0.3 is 6.03 Å². The van der Waals surface area contributed by atoms with Crippen LogP contribution < -0.4 is 25.4 Å². The molecule has 2 amide bonds. The Hall–Kier alpha value is -3.67. The quantitative estimate of drug-likeness (QED) is 0.457. The number of benzene rings is 3. The maximum absolute atomic E-state index is 12.2. The molecular weight excluding hydrogens is 378 g/mol. The molecule has 0 aliphatic carbocycles. The zero-order valence-corrected chi connectivity index (χ0v) is 17.3. The summed E-state index contributed by atoms with van der Waals surface area (Å²) < 4.78 is 10.9. The number of amides is 2. The lowest BCUT2D eigenvalue weighted by atomic mass is 10.1. The van der Waals surface area contributed by atoms with E-state index in [1.165, 1.54) is 0 Å². The summed E-state index contributed by atoms with van der Waals surface area (Å²) in [6, 6.07) is 23.1. The second kappa shape index (κ2) is 10.8. The summed E-state index contributed by atoms with van der Waals surface area (Å²) in [7, 11) is 1.62. The third kappa shape index (κ3) is 6.17. The molecule has 30 heavy (non-hydrogen) atoms. The minimum absolute atomic E-state index is 0.239. The van der Waals surface area contributed by atoms with E-state index in [0.717, 1.165) is 28.4 Å². The molecule has 0 radical (unpaired) electrons. The number of anilines is 3. The van der Waals surface area contributed by atoms with Gasteiger partial charge in [0.1, 0.15) is 0 Å². The molecule has 6 nitrogen and oxygen atoms in total. The Morgan fingerprint density at radius 2 is 1.57 bits per heavy atom. The van der Waals surface area contributed by atoms with Crippen LogP contribution in [0.2, 0.25) is 0 Å². The monoisotopic (exact) mass is 405 g/mol. The molecule has 0 unspecified atom stereocenters. The minimum Gasteiger partial charge on any atom is -0.493 e. The second-order valence-corrected chi connectivity index (χ2v) is 6.62. The van der Waals surface area contributed by atoms with Crippen LogP contribution >= 0.6 is 0 Å². The van der Waals surface area contributed by atoms with Crippen molar-refractivity contribution in [3.05, 3.63) is 78.4 Å². The Balaban J connectivity index is 1.45. The Morgan fingerprint density at radius 1 is 0.867 bits per heavy atom. The number of hydrogen-bond donors (Lipinski definition) is 3. The molecule has 3 aromatic carbocycles. The number of para-hydroxylation sites is 1. The fourth-order valence-corrected chi connectivity index (χ4v) is 2.96. The molecule has 3 rings (SSSR count). The summed E-state index contributed by atoms with van der Waals surface area (Å²) >= 11 is 0. The number of rotatable bonds is 9. The highest BCUT2D eigenvalue weighted by Crippen LogP contribution is 2.28. The van der Waals surface area contributed by atoms with Crippen LogP contribution in [0, 0.1) is 0 Å². The first-order chi connectivity index (χ1) is 14.7. The summed E-state index contributed by atoms with van der Waals surface area (Å²) in [4.78, 5) is 12.2. The van der Waals surface area contributed by atoms with Gasteiger partial charge in [0.05, 0.1) is 13.7 Å². The van der Waals surface area contributed by atoms with Gasteiger partial charge in [-0.25, -0.2) is 4.79 Å². The van der Waals surface area contributed by atoms with Crippen molar-refractivity contribution >= 4 is 23.1 Å². The Bertz CT molecular complexity index is 944. The van der Waals surface area contributed by atoms with Crippen molar-refractivity contribution in [1.82, 2.24) is 5.32 Å². The summed E-state index contributed by atoms with van der Waals surface area (Å²) in [5, 5.41) is 9.03. The molecule has 6 heteroatoms. The number of carbonyl (C=O) groups is 1. The van der Waals surface area contributed by atoms with Crippen molar-refractivity contribution in [3.63, 3.8) is 0 Å². The standard InChI is InChI=1S/C24H27N3O3/c1-3-30-22-14-9-18(17-23(22)29-2)15-16-25-24(28)27-21-12-10-20(11-13-21)26-19-7-5-4-6-8-19/h4-14,17,26H,3,15-16H2,1-2H3,(H2,25,27,28). The summed E-state index contributed by atoms with van der Waals surface area (Å²) in [6.45, 7) is 3.03. The predicted molar refractivity (Wildman–Crippen MR) is 121 cm³/mol. The molecule has 0 fully saturated rings. The van der Waals surface area contributed by atoms with E-state index in [1.807, 2.05) is 79.7 Å². The van der Waals surface area contributed by atoms with Crippen molar-refractivity contribution in [2.75, 3.05) is 30.9 Å². The van der Waals surface area contributed by atoms with Gasteiger partial charge < -0.3 is 25.4 Å². The van der Waals surface area contributed by atoms with E-state index in [4.69, 9.17) is 9.47 Å².